The van der Waals surface area contributed by atoms with E-state index in [4.69, 9.17) is 14.7 Å². The van der Waals surface area contributed by atoms with E-state index >= 15 is 0 Å². The average molecular weight is 383 g/mol. The Bertz CT molecular complexity index is 1170. The molecule has 2 aromatic heterocycles. The van der Waals surface area contributed by atoms with E-state index in [2.05, 4.69) is 23.2 Å². The number of hydrogen-bond donors (Lipinski definition) is 1. The van der Waals surface area contributed by atoms with Crippen LogP contribution in [0.2, 0.25) is 0 Å². The normalized spacial score (nSPS) is 12.0. The third-order valence-electron chi connectivity index (χ3n) is 4.57. The van der Waals surface area contributed by atoms with E-state index in [1.165, 1.54) is 0 Å². The van der Waals surface area contributed by atoms with Gasteiger partial charge in [0.05, 0.1) is 33.9 Å². The minimum atomic E-state index is 0.808. The van der Waals surface area contributed by atoms with Crippen LogP contribution in [0.4, 0.5) is 0 Å². The van der Waals surface area contributed by atoms with Crippen LogP contribution in [0.3, 0.4) is 0 Å². The molecule has 1 N–H and O–H groups in total. The van der Waals surface area contributed by atoms with Gasteiger partial charge in [0.15, 0.2) is 0 Å². The van der Waals surface area contributed by atoms with E-state index in [0.29, 0.717) is 0 Å². The molecule has 0 aliphatic heterocycles. The van der Waals surface area contributed by atoms with Gasteiger partial charge in [-0.2, -0.15) is 0 Å². The third-order valence-corrected chi connectivity index (χ3v) is 5.64. The standard InChI is InChI=1S/C23H17N3OS/c1-27-16-8-6-7-15(13-16)14-17(22-24-18-9-2-3-10-19(18)25-22)23-26-20-11-4-5-12-21(20)28-23/h2-14H,1H3,(H,24,25)/b17-14+. The fourth-order valence-corrected chi connectivity index (χ4v) is 4.18. The van der Waals surface area contributed by atoms with Crippen LogP contribution in [0.25, 0.3) is 32.9 Å². The Morgan fingerprint density at radius 2 is 1.75 bits per heavy atom. The first-order valence-corrected chi connectivity index (χ1v) is 9.78. The molecule has 0 atom stereocenters. The summed E-state index contributed by atoms with van der Waals surface area (Å²) in [4.78, 5) is 13.1. The van der Waals surface area contributed by atoms with E-state index in [0.717, 1.165) is 49.0 Å². The highest BCUT2D eigenvalue weighted by Crippen LogP contribution is 2.32. The van der Waals surface area contributed by atoms with Gasteiger partial charge < -0.3 is 9.72 Å². The number of aromatic amines is 1. The Labute approximate surface area is 166 Å². The van der Waals surface area contributed by atoms with Crippen molar-refractivity contribution in [3.63, 3.8) is 0 Å². The van der Waals surface area contributed by atoms with Gasteiger partial charge in [-0.1, -0.05) is 36.4 Å². The molecular formula is C23H17N3OS. The van der Waals surface area contributed by atoms with Crippen molar-refractivity contribution in [1.29, 1.82) is 0 Å². The Kier molecular flexibility index (Phi) is 4.14. The first kappa shape index (κ1) is 16.7. The van der Waals surface area contributed by atoms with Crippen molar-refractivity contribution in [2.75, 3.05) is 7.11 Å². The zero-order valence-corrected chi connectivity index (χ0v) is 16.0. The van der Waals surface area contributed by atoms with Crippen LogP contribution in [0.5, 0.6) is 5.75 Å². The quantitative estimate of drug-likeness (QED) is 0.429. The van der Waals surface area contributed by atoms with E-state index in [1.54, 1.807) is 18.4 Å². The molecule has 0 radical (unpaired) electrons. The minimum absolute atomic E-state index is 0.808. The SMILES string of the molecule is COc1cccc(/C=C(\c2nc3ccccc3[nH]2)c2nc3ccccc3s2)c1. The molecule has 136 valence electrons. The first-order valence-electron chi connectivity index (χ1n) is 8.97. The molecule has 28 heavy (non-hydrogen) atoms. The lowest BCUT2D eigenvalue weighted by Gasteiger charge is -2.04. The first-order chi connectivity index (χ1) is 13.8. The number of methoxy groups -OCH3 is 1. The van der Waals surface area contributed by atoms with Gasteiger partial charge in [-0.15, -0.1) is 11.3 Å². The lowest BCUT2D eigenvalue weighted by atomic mass is 10.1. The largest absolute Gasteiger partial charge is 0.497 e. The molecule has 3 aromatic carbocycles. The molecule has 0 aliphatic carbocycles. The van der Waals surface area contributed by atoms with E-state index in [-0.39, 0.29) is 0 Å². The smallest absolute Gasteiger partial charge is 0.141 e. The predicted molar refractivity (Wildman–Crippen MR) is 116 cm³/mol. The molecule has 0 spiro atoms. The van der Waals surface area contributed by atoms with Crippen LogP contribution in [-0.4, -0.2) is 22.1 Å². The van der Waals surface area contributed by atoms with Crippen molar-refractivity contribution < 1.29 is 4.74 Å². The van der Waals surface area contributed by atoms with Crippen LogP contribution in [0.15, 0.2) is 72.8 Å². The summed E-state index contributed by atoms with van der Waals surface area (Å²) in [5, 5.41) is 0.933. The van der Waals surface area contributed by atoms with Crippen LogP contribution >= 0.6 is 11.3 Å². The lowest BCUT2D eigenvalue weighted by Crippen LogP contribution is -1.91. The predicted octanol–water partition coefficient (Wildman–Crippen LogP) is 5.77. The molecule has 0 saturated carbocycles. The van der Waals surface area contributed by atoms with Crippen molar-refractivity contribution in [2.24, 2.45) is 0 Å². The Balaban J connectivity index is 1.72. The van der Waals surface area contributed by atoms with Crippen LogP contribution in [0.1, 0.15) is 16.4 Å². The average Bonchev–Trinajstić information content (AvgIpc) is 3.36. The summed E-state index contributed by atoms with van der Waals surface area (Å²) in [6.45, 7) is 0. The maximum absolute atomic E-state index is 5.38. The molecule has 4 nitrogen and oxygen atoms in total. The number of aromatic nitrogens is 3. The molecule has 5 heteroatoms. The number of H-pyrrole nitrogens is 1. The van der Waals surface area contributed by atoms with Crippen molar-refractivity contribution in [3.05, 3.63) is 89.2 Å². The Hall–Kier alpha value is -3.44. The van der Waals surface area contributed by atoms with Crippen molar-refractivity contribution in [3.8, 4) is 5.75 Å². The molecule has 0 amide bonds. The highest BCUT2D eigenvalue weighted by Gasteiger charge is 2.15. The fraction of sp³-hybridized carbons (Fsp3) is 0.0435. The van der Waals surface area contributed by atoms with Gasteiger partial charge in [-0.25, -0.2) is 9.97 Å². The second-order valence-electron chi connectivity index (χ2n) is 6.42. The monoisotopic (exact) mass is 383 g/mol. The van der Waals surface area contributed by atoms with Gasteiger partial charge in [0.2, 0.25) is 0 Å². The van der Waals surface area contributed by atoms with E-state index < -0.39 is 0 Å². The number of thiazole rings is 1. The highest BCUT2D eigenvalue weighted by atomic mass is 32.1. The van der Waals surface area contributed by atoms with Crippen LogP contribution < -0.4 is 4.74 Å². The number of hydrogen-bond acceptors (Lipinski definition) is 4. The van der Waals surface area contributed by atoms with Crippen LogP contribution in [-0.2, 0) is 0 Å². The minimum Gasteiger partial charge on any atom is -0.497 e. The maximum atomic E-state index is 5.38. The van der Waals surface area contributed by atoms with Crippen molar-refractivity contribution in [2.45, 2.75) is 0 Å². The van der Waals surface area contributed by atoms with Gasteiger partial charge in [0.1, 0.15) is 16.6 Å². The molecule has 0 fully saturated rings. The summed E-state index contributed by atoms with van der Waals surface area (Å²) in [6.07, 6.45) is 2.11. The molecule has 2 heterocycles. The topological polar surface area (TPSA) is 50.8 Å². The summed E-state index contributed by atoms with van der Waals surface area (Å²) < 4.78 is 6.54. The summed E-state index contributed by atoms with van der Waals surface area (Å²) in [7, 11) is 1.68. The Morgan fingerprint density at radius 3 is 2.57 bits per heavy atom. The van der Waals surface area contributed by atoms with Gasteiger partial charge in [0, 0.05) is 0 Å². The number of para-hydroxylation sites is 3. The second-order valence-corrected chi connectivity index (χ2v) is 7.45. The summed E-state index contributed by atoms with van der Waals surface area (Å²) in [5.41, 5.74) is 4.94. The fourth-order valence-electron chi connectivity index (χ4n) is 3.20. The molecule has 0 saturated heterocycles. The van der Waals surface area contributed by atoms with Crippen molar-refractivity contribution in [1.82, 2.24) is 15.0 Å². The molecule has 0 aliphatic rings. The number of fused-ring (bicyclic) bond motifs is 2. The van der Waals surface area contributed by atoms with E-state index in [1.807, 2.05) is 60.7 Å². The zero-order chi connectivity index (χ0) is 18.9. The number of nitrogens with zero attached hydrogens (tertiary/aromatic N) is 2. The maximum Gasteiger partial charge on any atom is 0.141 e. The van der Waals surface area contributed by atoms with Gasteiger partial charge in [0.25, 0.3) is 0 Å². The van der Waals surface area contributed by atoms with E-state index in [9.17, 15) is 0 Å². The number of benzene rings is 3. The summed E-state index contributed by atoms with van der Waals surface area (Å²) in [6, 6.07) is 24.2. The second kappa shape index (κ2) is 6.94. The number of rotatable bonds is 4. The molecule has 5 rings (SSSR count). The highest BCUT2D eigenvalue weighted by molar-refractivity contribution is 7.19. The lowest BCUT2D eigenvalue weighted by molar-refractivity contribution is 0.414. The Morgan fingerprint density at radius 1 is 0.929 bits per heavy atom. The zero-order valence-electron chi connectivity index (χ0n) is 15.2. The van der Waals surface area contributed by atoms with Crippen LogP contribution in [0, 0.1) is 0 Å². The van der Waals surface area contributed by atoms with Crippen molar-refractivity contribution >= 4 is 44.2 Å². The number of ether oxygens (including phenoxy) is 1. The van der Waals surface area contributed by atoms with Gasteiger partial charge >= 0.3 is 0 Å². The number of nitrogens with one attached hydrogen (secondary N) is 1. The molecule has 0 bridgehead atoms. The molecular weight excluding hydrogens is 366 g/mol. The molecule has 5 aromatic rings. The van der Waals surface area contributed by atoms with Gasteiger partial charge in [-0.05, 0) is 48.0 Å². The summed E-state index contributed by atoms with van der Waals surface area (Å²) >= 11 is 1.67. The third kappa shape index (κ3) is 3.06. The number of imidazole rings is 1. The van der Waals surface area contributed by atoms with Gasteiger partial charge in [-0.3, -0.25) is 0 Å². The summed E-state index contributed by atoms with van der Waals surface area (Å²) in [5.74, 6) is 1.63. The molecule has 0 unspecified atom stereocenters.